The minimum Gasteiger partial charge on any atom is -0.465 e. The maximum atomic E-state index is 8.78. The smallest absolute Gasteiger partial charge is 0.402 e. The van der Waals surface area contributed by atoms with Crippen molar-refractivity contribution in [2.24, 2.45) is 11.5 Å². The Balaban J connectivity index is 0. The standard InChI is InChI=1S/C4H12N2O.CH3NO2/c1-3(5)6-4(2)7;2-1(3)4/h3-4,6-7H,5H2,1-2H3;2H2,(H,3,4). The minimum absolute atomic E-state index is 0.125. The van der Waals surface area contributed by atoms with Crippen molar-refractivity contribution in [3.05, 3.63) is 0 Å². The summed E-state index contributed by atoms with van der Waals surface area (Å²) in [7, 11) is 0. The number of rotatable bonds is 2. The van der Waals surface area contributed by atoms with E-state index in [1.54, 1.807) is 13.8 Å². The van der Waals surface area contributed by atoms with E-state index in [1.807, 2.05) is 0 Å². The van der Waals surface area contributed by atoms with E-state index in [2.05, 4.69) is 11.1 Å². The molecule has 0 heterocycles. The molecule has 0 bridgehead atoms. The molecule has 68 valence electrons. The fourth-order valence-electron chi connectivity index (χ4n) is 0.380. The number of carboxylic acid groups (broad SMARTS) is 1. The molecule has 11 heavy (non-hydrogen) atoms. The summed E-state index contributed by atoms with van der Waals surface area (Å²) in [5.41, 5.74) is 9.25. The molecular weight excluding hydrogens is 150 g/mol. The van der Waals surface area contributed by atoms with Gasteiger partial charge in [-0.1, -0.05) is 0 Å². The van der Waals surface area contributed by atoms with Crippen LogP contribution >= 0.6 is 0 Å². The Morgan fingerprint density at radius 1 is 1.55 bits per heavy atom. The molecule has 6 heteroatoms. The van der Waals surface area contributed by atoms with Gasteiger partial charge in [0.15, 0.2) is 0 Å². The first kappa shape index (κ1) is 12.8. The number of amides is 1. The molecule has 7 N–H and O–H groups in total. The predicted molar refractivity (Wildman–Crippen MR) is 40.7 cm³/mol. The van der Waals surface area contributed by atoms with Crippen LogP contribution in [0.2, 0.25) is 0 Å². The molecule has 0 rings (SSSR count). The summed E-state index contributed by atoms with van der Waals surface area (Å²) in [5.74, 6) is 0. The summed E-state index contributed by atoms with van der Waals surface area (Å²) in [6, 6.07) is 0. The van der Waals surface area contributed by atoms with Gasteiger partial charge in [0.25, 0.3) is 0 Å². The summed E-state index contributed by atoms with van der Waals surface area (Å²) in [5, 5.41) is 18.4. The third kappa shape index (κ3) is 47.1. The van der Waals surface area contributed by atoms with Crippen LogP contribution in [-0.2, 0) is 0 Å². The molecule has 6 nitrogen and oxygen atoms in total. The largest absolute Gasteiger partial charge is 0.465 e. The molecule has 0 aliphatic carbocycles. The van der Waals surface area contributed by atoms with Crippen molar-refractivity contribution in [3.8, 4) is 0 Å². The number of hydrogen-bond acceptors (Lipinski definition) is 4. The second-order valence-corrected chi connectivity index (χ2v) is 1.97. The highest BCUT2D eigenvalue weighted by Crippen LogP contribution is 1.71. The zero-order valence-electron chi connectivity index (χ0n) is 6.61. The van der Waals surface area contributed by atoms with Crippen molar-refractivity contribution < 1.29 is 15.0 Å². The second kappa shape index (κ2) is 7.26. The second-order valence-electron chi connectivity index (χ2n) is 1.97. The minimum atomic E-state index is -1.33. The number of aliphatic hydroxyl groups excluding tert-OH is 1. The molecule has 0 aliphatic heterocycles. The zero-order valence-corrected chi connectivity index (χ0v) is 6.61. The number of primary amides is 1. The third-order valence-electron chi connectivity index (χ3n) is 0.504. The van der Waals surface area contributed by atoms with Crippen LogP contribution in [-0.4, -0.2) is 28.7 Å². The Labute approximate surface area is 65.2 Å². The van der Waals surface area contributed by atoms with Crippen molar-refractivity contribution in [1.29, 1.82) is 0 Å². The van der Waals surface area contributed by atoms with E-state index < -0.39 is 12.3 Å². The monoisotopic (exact) mass is 165 g/mol. The Morgan fingerprint density at radius 2 is 1.82 bits per heavy atom. The fourth-order valence-corrected chi connectivity index (χ4v) is 0.380. The normalized spacial score (nSPS) is 14.2. The van der Waals surface area contributed by atoms with Gasteiger partial charge < -0.3 is 21.7 Å². The molecule has 0 aliphatic rings. The van der Waals surface area contributed by atoms with Crippen LogP contribution in [0, 0.1) is 0 Å². The quantitative estimate of drug-likeness (QED) is 0.330. The van der Waals surface area contributed by atoms with Gasteiger partial charge in [-0.15, -0.1) is 0 Å². The summed E-state index contributed by atoms with van der Waals surface area (Å²) in [6.07, 6.45) is -1.96. The van der Waals surface area contributed by atoms with Crippen molar-refractivity contribution in [1.82, 2.24) is 5.32 Å². The highest BCUT2D eigenvalue weighted by atomic mass is 16.4. The average Bonchev–Trinajstić information content (AvgIpc) is 1.56. The van der Waals surface area contributed by atoms with Crippen LogP contribution < -0.4 is 16.8 Å². The summed E-state index contributed by atoms with van der Waals surface area (Å²) >= 11 is 0. The van der Waals surface area contributed by atoms with E-state index >= 15 is 0 Å². The molecule has 2 atom stereocenters. The molecule has 0 spiro atoms. The lowest BCUT2D eigenvalue weighted by Crippen LogP contribution is -2.40. The molecule has 1 amide bonds. The van der Waals surface area contributed by atoms with Crippen LogP contribution in [0.4, 0.5) is 4.79 Å². The first-order valence-electron chi connectivity index (χ1n) is 3.04. The molecule has 2 unspecified atom stereocenters. The van der Waals surface area contributed by atoms with Crippen LogP contribution in [0.15, 0.2) is 0 Å². The highest BCUT2D eigenvalue weighted by Gasteiger charge is 1.94. The topological polar surface area (TPSA) is 122 Å². The van der Waals surface area contributed by atoms with E-state index in [0.717, 1.165) is 0 Å². The fraction of sp³-hybridized carbons (Fsp3) is 0.800. The number of carbonyl (C=O) groups is 1. The van der Waals surface area contributed by atoms with Crippen molar-refractivity contribution in [2.45, 2.75) is 26.2 Å². The average molecular weight is 165 g/mol. The lowest BCUT2D eigenvalue weighted by molar-refractivity contribution is 0.144. The lowest BCUT2D eigenvalue weighted by Gasteiger charge is -2.09. The van der Waals surface area contributed by atoms with Crippen LogP contribution in [0.25, 0.3) is 0 Å². The Morgan fingerprint density at radius 3 is 1.82 bits per heavy atom. The first-order chi connectivity index (χ1) is 4.86. The van der Waals surface area contributed by atoms with E-state index in [0.29, 0.717) is 0 Å². The number of aliphatic hydroxyl groups is 1. The summed E-state index contributed by atoms with van der Waals surface area (Å²) in [6.45, 7) is 3.40. The maximum Gasteiger partial charge on any atom is 0.402 e. The summed E-state index contributed by atoms with van der Waals surface area (Å²) in [4.78, 5) is 8.78. The van der Waals surface area contributed by atoms with E-state index in [9.17, 15) is 0 Å². The van der Waals surface area contributed by atoms with Crippen LogP contribution in [0.3, 0.4) is 0 Å². The number of nitrogens with one attached hydrogen (secondary N) is 1. The molecule has 0 aromatic carbocycles. The van der Waals surface area contributed by atoms with Gasteiger partial charge in [0, 0.05) is 0 Å². The predicted octanol–water partition coefficient (Wildman–Crippen LogP) is -1.16. The van der Waals surface area contributed by atoms with E-state index in [4.69, 9.17) is 20.7 Å². The van der Waals surface area contributed by atoms with Gasteiger partial charge in [0.2, 0.25) is 0 Å². The molecule has 0 saturated carbocycles. The van der Waals surface area contributed by atoms with Crippen molar-refractivity contribution in [2.75, 3.05) is 0 Å². The van der Waals surface area contributed by atoms with E-state index in [-0.39, 0.29) is 6.17 Å². The first-order valence-corrected chi connectivity index (χ1v) is 3.04. The van der Waals surface area contributed by atoms with Crippen molar-refractivity contribution >= 4 is 6.09 Å². The molecule has 0 saturated heterocycles. The van der Waals surface area contributed by atoms with Crippen LogP contribution in [0.1, 0.15) is 13.8 Å². The van der Waals surface area contributed by atoms with Gasteiger partial charge in [0.05, 0.1) is 6.17 Å². The van der Waals surface area contributed by atoms with Gasteiger partial charge >= 0.3 is 6.09 Å². The van der Waals surface area contributed by atoms with E-state index in [1.165, 1.54) is 0 Å². The summed E-state index contributed by atoms with van der Waals surface area (Å²) < 4.78 is 0. The molecule has 0 fully saturated rings. The molecular formula is C5H15N3O3. The third-order valence-corrected chi connectivity index (χ3v) is 0.504. The number of nitrogens with two attached hydrogens (primary N) is 2. The Hall–Kier alpha value is -0.850. The van der Waals surface area contributed by atoms with Gasteiger partial charge in [0.1, 0.15) is 6.23 Å². The molecule has 0 aromatic rings. The number of hydrogen-bond donors (Lipinski definition) is 5. The van der Waals surface area contributed by atoms with Gasteiger partial charge in [-0.05, 0) is 13.8 Å². The zero-order chi connectivity index (χ0) is 9.44. The molecule has 0 aromatic heterocycles. The van der Waals surface area contributed by atoms with Crippen LogP contribution in [0.5, 0.6) is 0 Å². The maximum absolute atomic E-state index is 8.78. The van der Waals surface area contributed by atoms with Gasteiger partial charge in [-0.2, -0.15) is 0 Å². The highest BCUT2D eigenvalue weighted by molar-refractivity contribution is 5.61. The molecule has 0 radical (unpaired) electrons. The van der Waals surface area contributed by atoms with Gasteiger partial charge in [-0.3, -0.25) is 5.32 Å². The Kier molecular flexibility index (Phi) is 8.44. The Bertz CT molecular complexity index is 95.1. The SMILES string of the molecule is CC(N)NC(C)O.NC(=O)O. The van der Waals surface area contributed by atoms with Gasteiger partial charge in [-0.25, -0.2) is 4.79 Å². The lowest BCUT2D eigenvalue weighted by atomic mass is 10.5. The van der Waals surface area contributed by atoms with Crippen molar-refractivity contribution in [3.63, 3.8) is 0 Å².